The summed E-state index contributed by atoms with van der Waals surface area (Å²) in [4.78, 5) is 10.1. The second-order valence-corrected chi connectivity index (χ2v) is 12.6. The number of hydrogen-bond donors (Lipinski definition) is 0. The molecule has 0 saturated carbocycles. The SMILES string of the molecule is N#Cc1ccc2c(c1)c1cc(-c3ccc(-c4cc(-c5ccccc5)n5c(n4)nc4ccccc45)c4ccccc34)ccc1n2-c1ccccc1. The summed E-state index contributed by atoms with van der Waals surface area (Å²) in [6.07, 6.45) is 0. The van der Waals surface area contributed by atoms with Crippen LogP contribution in [0.3, 0.4) is 0 Å². The van der Waals surface area contributed by atoms with Crippen molar-refractivity contribution >= 4 is 49.4 Å². The van der Waals surface area contributed by atoms with E-state index >= 15 is 0 Å². The Morgan fingerprint density at radius 3 is 1.94 bits per heavy atom. The maximum Gasteiger partial charge on any atom is 0.235 e. The van der Waals surface area contributed by atoms with Gasteiger partial charge in [0.15, 0.2) is 0 Å². The van der Waals surface area contributed by atoms with Gasteiger partial charge in [-0.1, -0.05) is 103 Å². The molecule has 0 amide bonds. The summed E-state index contributed by atoms with van der Waals surface area (Å²) >= 11 is 0. The van der Waals surface area contributed by atoms with Crippen LogP contribution in [0.15, 0.2) is 164 Å². The highest BCUT2D eigenvalue weighted by Crippen LogP contribution is 2.40. The van der Waals surface area contributed by atoms with Crippen molar-refractivity contribution in [3.8, 4) is 45.4 Å². The molecule has 0 atom stereocenters. The summed E-state index contributed by atoms with van der Waals surface area (Å²) in [5.41, 5.74) is 12.2. The monoisotopic (exact) mass is 637 g/mol. The van der Waals surface area contributed by atoms with Crippen LogP contribution in [-0.2, 0) is 0 Å². The Bertz CT molecular complexity index is 2980. The van der Waals surface area contributed by atoms with Crippen LogP contribution in [0.5, 0.6) is 0 Å². The van der Waals surface area contributed by atoms with E-state index < -0.39 is 0 Å². The molecule has 0 aliphatic heterocycles. The van der Waals surface area contributed by atoms with E-state index in [1.54, 1.807) is 0 Å². The molecule has 0 saturated heterocycles. The number of rotatable bonds is 4. The van der Waals surface area contributed by atoms with Gasteiger partial charge >= 0.3 is 0 Å². The maximum atomic E-state index is 9.77. The second kappa shape index (κ2) is 11.0. The highest BCUT2D eigenvalue weighted by atomic mass is 15.1. The molecule has 0 fully saturated rings. The maximum absolute atomic E-state index is 9.77. The zero-order valence-corrected chi connectivity index (χ0v) is 26.8. The van der Waals surface area contributed by atoms with E-state index in [4.69, 9.17) is 9.97 Å². The van der Waals surface area contributed by atoms with Gasteiger partial charge in [-0.3, -0.25) is 4.40 Å². The number of para-hydroxylation sites is 3. The molecule has 10 aromatic rings. The van der Waals surface area contributed by atoms with Crippen molar-refractivity contribution in [3.05, 3.63) is 169 Å². The molecular weight excluding hydrogens is 611 g/mol. The predicted molar refractivity (Wildman–Crippen MR) is 203 cm³/mol. The number of nitriles is 1. The average Bonchev–Trinajstić information content (AvgIpc) is 3.72. The quantitative estimate of drug-likeness (QED) is 0.193. The van der Waals surface area contributed by atoms with Gasteiger partial charge in [0.1, 0.15) is 0 Å². The summed E-state index contributed by atoms with van der Waals surface area (Å²) in [6, 6.07) is 59.2. The predicted octanol–water partition coefficient (Wildman–Crippen LogP) is 11.0. The van der Waals surface area contributed by atoms with Crippen molar-refractivity contribution in [2.24, 2.45) is 0 Å². The van der Waals surface area contributed by atoms with E-state index in [1.165, 1.54) is 0 Å². The molecule has 10 rings (SSSR count). The lowest BCUT2D eigenvalue weighted by Crippen LogP contribution is -1.98. The fraction of sp³-hybridized carbons (Fsp3) is 0. The van der Waals surface area contributed by atoms with Gasteiger partial charge in [-0.05, 0) is 88.1 Å². The fourth-order valence-corrected chi connectivity index (χ4v) is 7.51. The first kappa shape index (κ1) is 28.0. The molecule has 3 heterocycles. The zero-order valence-electron chi connectivity index (χ0n) is 26.8. The summed E-state index contributed by atoms with van der Waals surface area (Å²) in [7, 11) is 0. The third-order valence-corrected chi connectivity index (χ3v) is 9.77. The molecule has 5 heteroatoms. The Hall–Kier alpha value is -7.03. The van der Waals surface area contributed by atoms with Gasteiger partial charge in [-0.2, -0.15) is 5.26 Å². The minimum Gasteiger partial charge on any atom is -0.309 e. The fourth-order valence-electron chi connectivity index (χ4n) is 7.51. The minimum atomic E-state index is 0.648. The lowest BCUT2D eigenvalue weighted by molar-refractivity contribution is 1.14. The third-order valence-electron chi connectivity index (χ3n) is 9.77. The molecule has 0 aliphatic carbocycles. The Morgan fingerprint density at radius 1 is 0.480 bits per heavy atom. The number of imidazole rings is 1. The topological polar surface area (TPSA) is 58.9 Å². The third kappa shape index (κ3) is 4.26. The number of nitrogens with zero attached hydrogens (tertiary/aromatic N) is 5. The van der Waals surface area contributed by atoms with Gasteiger partial charge in [-0.15, -0.1) is 0 Å². The van der Waals surface area contributed by atoms with Crippen LogP contribution in [0.2, 0.25) is 0 Å². The number of hydrogen-bond acceptors (Lipinski definition) is 3. The molecule has 0 unspecified atom stereocenters. The van der Waals surface area contributed by atoms with Crippen molar-refractivity contribution in [3.63, 3.8) is 0 Å². The van der Waals surface area contributed by atoms with Gasteiger partial charge < -0.3 is 4.57 Å². The van der Waals surface area contributed by atoms with Gasteiger partial charge in [0.2, 0.25) is 5.78 Å². The van der Waals surface area contributed by atoms with Gasteiger partial charge in [0.25, 0.3) is 0 Å². The lowest BCUT2D eigenvalue weighted by atomic mass is 9.92. The smallest absolute Gasteiger partial charge is 0.235 e. The van der Waals surface area contributed by atoms with E-state index in [9.17, 15) is 5.26 Å². The van der Waals surface area contributed by atoms with E-state index in [-0.39, 0.29) is 0 Å². The molecule has 0 spiro atoms. The molecule has 0 radical (unpaired) electrons. The standard InChI is InChI=1S/C45H27N5/c46-28-29-19-23-41-37(25-29)38-26-31(20-24-42(38)49(41)32-13-5-2-6-14-32)33-21-22-36(35-16-8-7-15-34(33)35)40-27-44(30-11-3-1-4-12-30)50-43-18-10-9-17-39(43)47-45(50)48-40/h1-27H. The molecule has 0 N–H and O–H groups in total. The summed E-state index contributed by atoms with van der Waals surface area (Å²) in [5.74, 6) is 0.674. The highest BCUT2D eigenvalue weighted by Gasteiger charge is 2.18. The van der Waals surface area contributed by atoms with Crippen LogP contribution < -0.4 is 0 Å². The first-order valence-electron chi connectivity index (χ1n) is 16.6. The van der Waals surface area contributed by atoms with Gasteiger partial charge in [0.05, 0.1) is 45.1 Å². The highest BCUT2D eigenvalue weighted by molar-refractivity contribution is 6.12. The van der Waals surface area contributed by atoms with Crippen LogP contribution in [-0.4, -0.2) is 18.9 Å². The van der Waals surface area contributed by atoms with E-state index in [0.29, 0.717) is 11.3 Å². The normalized spacial score (nSPS) is 11.6. The van der Waals surface area contributed by atoms with Crippen molar-refractivity contribution in [2.45, 2.75) is 0 Å². The van der Waals surface area contributed by atoms with E-state index in [0.717, 1.165) is 82.9 Å². The zero-order chi connectivity index (χ0) is 33.2. The van der Waals surface area contributed by atoms with Crippen LogP contribution >= 0.6 is 0 Å². The Morgan fingerprint density at radius 2 is 1.14 bits per heavy atom. The summed E-state index contributed by atoms with van der Waals surface area (Å²) in [5, 5.41) is 14.2. The van der Waals surface area contributed by atoms with Crippen LogP contribution in [0.1, 0.15) is 5.56 Å². The van der Waals surface area contributed by atoms with Gasteiger partial charge in [-0.25, -0.2) is 9.97 Å². The molecule has 0 bridgehead atoms. The lowest BCUT2D eigenvalue weighted by Gasteiger charge is -2.14. The first-order chi connectivity index (χ1) is 24.7. The van der Waals surface area contributed by atoms with E-state index in [1.807, 2.05) is 42.5 Å². The summed E-state index contributed by atoms with van der Waals surface area (Å²) < 4.78 is 4.44. The van der Waals surface area contributed by atoms with Crippen LogP contribution in [0.4, 0.5) is 0 Å². The number of fused-ring (bicyclic) bond motifs is 7. The minimum absolute atomic E-state index is 0.648. The summed E-state index contributed by atoms with van der Waals surface area (Å²) in [6.45, 7) is 0. The van der Waals surface area contributed by atoms with Crippen LogP contribution in [0, 0.1) is 11.3 Å². The van der Waals surface area contributed by atoms with Crippen LogP contribution in [0.25, 0.3) is 88.7 Å². The average molecular weight is 638 g/mol. The second-order valence-electron chi connectivity index (χ2n) is 12.6. The molecule has 0 aliphatic rings. The Balaban J connectivity index is 1.19. The molecule has 7 aromatic carbocycles. The molecule has 232 valence electrons. The van der Waals surface area contributed by atoms with Crippen molar-refractivity contribution < 1.29 is 0 Å². The number of benzene rings is 7. The first-order valence-corrected chi connectivity index (χ1v) is 16.6. The van der Waals surface area contributed by atoms with Crippen molar-refractivity contribution in [1.29, 1.82) is 5.26 Å². The molecule has 3 aromatic heterocycles. The van der Waals surface area contributed by atoms with Crippen molar-refractivity contribution in [1.82, 2.24) is 18.9 Å². The van der Waals surface area contributed by atoms with Gasteiger partial charge in [0, 0.05) is 22.0 Å². The molecular formula is C45H27N5. The molecule has 5 nitrogen and oxygen atoms in total. The van der Waals surface area contributed by atoms with E-state index in [2.05, 4.69) is 136 Å². The largest absolute Gasteiger partial charge is 0.309 e. The van der Waals surface area contributed by atoms with Crippen molar-refractivity contribution in [2.75, 3.05) is 0 Å². The Labute approximate surface area is 287 Å². The molecule has 50 heavy (non-hydrogen) atoms. The Kier molecular flexibility index (Phi) is 6.17. The number of aromatic nitrogens is 4.